The van der Waals surface area contributed by atoms with Crippen molar-refractivity contribution in [3.05, 3.63) is 34.4 Å². The van der Waals surface area contributed by atoms with Gasteiger partial charge in [0.05, 0.1) is 9.82 Å². The summed E-state index contributed by atoms with van der Waals surface area (Å²) >= 11 is 0. The highest BCUT2D eigenvalue weighted by Crippen LogP contribution is 2.28. The van der Waals surface area contributed by atoms with Gasteiger partial charge < -0.3 is 5.11 Å². The van der Waals surface area contributed by atoms with Crippen molar-refractivity contribution in [3.8, 4) is 0 Å². The van der Waals surface area contributed by atoms with Crippen LogP contribution in [0, 0.1) is 10.1 Å². The van der Waals surface area contributed by atoms with Crippen molar-refractivity contribution < 1.29 is 23.2 Å². The zero-order valence-corrected chi connectivity index (χ0v) is 13.2. The van der Waals surface area contributed by atoms with Crippen LogP contribution in [0.5, 0.6) is 0 Å². The number of hydrogen-bond acceptors (Lipinski definition) is 5. The number of nitro benzene ring substituents is 1. The lowest BCUT2D eigenvalue weighted by Gasteiger charge is -2.32. The van der Waals surface area contributed by atoms with Crippen LogP contribution >= 0.6 is 0 Å². The van der Waals surface area contributed by atoms with E-state index < -0.39 is 27.5 Å². The van der Waals surface area contributed by atoms with Crippen molar-refractivity contribution in [2.24, 2.45) is 0 Å². The Kier molecular flexibility index (Phi) is 5.32. The Morgan fingerprint density at radius 2 is 1.96 bits per heavy atom. The first-order valence-corrected chi connectivity index (χ1v) is 8.74. The third-order valence-electron chi connectivity index (χ3n) is 3.91. The number of nitro groups is 1. The minimum Gasteiger partial charge on any atom is -0.480 e. The van der Waals surface area contributed by atoms with Crippen LogP contribution in [0.1, 0.15) is 32.1 Å². The Labute approximate surface area is 133 Å². The van der Waals surface area contributed by atoms with Gasteiger partial charge in [0.1, 0.15) is 6.54 Å². The van der Waals surface area contributed by atoms with Gasteiger partial charge in [-0.05, 0) is 18.9 Å². The van der Waals surface area contributed by atoms with Gasteiger partial charge in [-0.25, -0.2) is 8.42 Å². The second-order valence-corrected chi connectivity index (χ2v) is 7.38. The molecule has 8 nitrogen and oxygen atoms in total. The van der Waals surface area contributed by atoms with Crippen LogP contribution in [-0.4, -0.2) is 41.3 Å². The molecule has 0 unspecified atom stereocenters. The van der Waals surface area contributed by atoms with E-state index in [1.54, 1.807) is 0 Å². The maximum atomic E-state index is 12.8. The number of carboxylic acids is 1. The van der Waals surface area contributed by atoms with E-state index in [0.717, 1.165) is 29.6 Å². The number of rotatable bonds is 6. The van der Waals surface area contributed by atoms with Crippen LogP contribution < -0.4 is 0 Å². The first kappa shape index (κ1) is 17.4. The van der Waals surface area contributed by atoms with Crippen LogP contribution in [0.25, 0.3) is 0 Å². The van der Waals surface area contributed by atoms with E-state index in [0.29, 0.717) is 12.8 Å². The van der Waals surface area contributed by atoms with Gasteiger partial charge in [0, 0.05) is 18.2 Å². The highest BCUT2D eigenvalue weighted by Gasteiger charge is 2.34. The van der Waals surface area contributed by atoms with Gasteiger partial charge in [-0.1, -0.05) is 25.3 Å². The molecule has 1 aliphatic carbocycles. The topological polar surface area (TPSA) is 118 Å². The minimum absolute atomic E-state index is 0.251. The van der Waals surface area contributed by atoms with E-state index in [1.807, 2.05) is 0 Å². The number of carbonyl (C=O) groups is 1. The normalized spacial score (nSPS) is 16.4. The molecule has 0 spiro atoms. The van der Waals surface area contributed by atoms with E-state index in [4.69, 9.17) is 5.11 Å². The smallest absolute Gasteiger partial charge is 0.318 e. The molecule has 0 atom stereocenters. The molecule has 9 heteroatoms. The largest absolute Gasteiger partial charge is 0.480 e. The van der Waals surface area contributed by atoms with Crippen LogP contribution in [0.15, 0.2) is 29.2 Å². The molecule has 1 fully saturated rings. The first-order chi connectivity index (χ1) is 10.8. The minimum atomic E-state index is -4.10. The van der Waals surface area contributed by atoms with Crippen LogP contribution in [0.2, 0.25) is 0 Å². The van der Waals surface area contributed by atoms with Crippen molar-refractivity contribution in [2.45, 2.75) is 43.0 Å². The standard InChI is InChI=1S/C14H18N2O6S/c17-14(18)10-15(11-5-2-1-3-6-11)23(21,22)13-8-4-7-12(9-13)16(19)20/h4,7-9,11H,1-3,5-6,10H2,(H,17,18). The zero-order chi connectivity index (χ0) is 17.0. The molecular weight excluding hydrogens is 324 g/mol. The summed E-state index contributed by atoms with van der Waals surface area (Å²) in [5.74, 6) is -1.25. The molecule has 23 heavy (non-hydrogen) atoms. The van der Waals surface area contributed by atoms with E-state index in [-0.39, 0.29) is 16.6 Å². The summed E-state index contributed by atoms with van der Waals surface area (Å²) in [7, 11) is -4.10. The van der Waals surface area contributed by atoms with Crippen molar-refractivity contribution >= 4 is 21.7 Å². The van der Waals surface area contributed by atoms with Crippen molar-refractivity contribution in [3.63, 3.8) is 0 Å². The number of sulfonamides is 1. The van der Waals surface area contributed by atoms with Gasteiger partial charge in [-0.15, -0.1) is 0 Å². The molecule has 0 aromatic heterocycles. The molecular formula is C14H18N2O6S. The Bertz CT molecular complexity index is 697. The van der Waals surface area contributed by atoms with E-state index in [2.05, 4.69) is 0 Å². The summed E-state index contributed by atoms with van der Waals surface area (Å²) in [6, 6.07) is 4.31. The molecule has 0 bridgehead atoms. The second-order valence-electron chi connectivity index (χ2n) is 5.49. The number of nitrogens with zero attached hydrogens (tertiary/aromatic N) is 2. The second kappa shape index (κ2) is 7.05. The summed E-state index contributed by atoms with van der Waals surface area (Å²) in [6.45, 7) is -0.643. The lowest BCUT2D eigenvalue weighted by atomic mass is 9.95. The monoisotopic (exact) mass is 342 g/mol. The molecule has 0 amide bonds. The van der Waals surface area contributed by atoms with E-state index in [9.17, 15) is 23.3 Å². The quantitative estimate of drug-likeness (QED) is 0.624. The summed E-state index contributed by atoms with van der Waals surface area (Å²) in [5, 5.41) is 19.9. The predicted molar refractivity (Wildman–Crippen MR) is 81.5 cm³/mol. The fourth-order valence-corrected chi connectivity index (χ4v) is 4.48. The summed E-state index contributed by atoms with van der Waals surface area (Å²) in [6.07, 6.45) is 3.87. The number of non-ortho nitro benzene ring substituents is 1. The highest BCUT2D eigenvalue weighted by molar-refractivity contribution is 7.89. The van der Waals surface area contributed by atoms with Gasteiger partial charge in [-0.2, -0.15) is 4.31 Å². The maximum absolute atomic E-state index is 12.8. The summed E-state index contributed by atoms with van der Waals surface area (Å²) < 4.78 is 26.5. The average molecular weight is 342 g/mol. The molecule has 0 heterocycles. The summed E-state index contributed by atoms with van der Waals surface area (Å²) in [5.41, 5.74) is -0.343. The molecule has 1 aromatic carbocycles. The SMILES string of the molecule is O=C(O)CN(C1CCCCC1)S(=O)(=O)c1cccc([N+](=O)[O-])c1. The Balaban J connectivity index is 2.40. The van der Waals surface area contributed by atoms with Gasteiger partial charge in [0.2, 0.25) is 10.0 Å². The first-order valence-electron chi connectivity index (χ1n) is 7.30. The number of aliphatic carboxylic acids is 1. The predicted octanol–water partition coefficient (Wildman–Crippen LogP) is 2.00. The van der Waals surface area contributed by atoms with Crippen LogP contribution in [0.3, 0.4) is 0 Å². The molecule has 1 saturated carbocycles. The number of carboxylic acid groups (broad SMARTS) is 1. The average Bonchev–Trinajstić information content (AvgIpc) is 2.53. The third-order valence-corrected chi connectivity index (χ3v) is 5.80. The molecule has 1 aliphatic rings. The molecule has 0 aliphatic heterocycles. The number of hydrogen-bond donors (Lipinski definition) is 1. The molecule has 126 valence electrons. The van der Waals surface area contributed by atoms with Crippen LogP contribution in [0.4, 0.5) is 5.69 Å². The van der Waals surface area contributed by atoms with Crippen LogP contribution in [-0.2, 0) is 14.8 Å². The van der Waals surface area contributed by atoms with Crippen molar-refractivity contribution in [1.29, 1.82) is 0 Å². The van der Waals surface area contributed by atoms with Crippen molar-refractivity contribution in [1.82, 2.24) is 4.31 Å². The Morgan fingerprint density at radius 3 is 2.52 bits per heavy atom. The Morgan fingerprint density at radius 1 is 1.30 bits per heavy atom. The fourth-order valence-electron chi connectivity index (χ4n) is 2.81. The van der Waals surface area contributed by atoms with E-state index in [1.165, 1.54) is 18.2 Å². The summed E-state index contributed by atoms with van der Waals surface area (Å²) in [4.78, 5) is 21.0. The molecule has 0 saturated heterocycles. The van der Waals surface area contributed by atoms with Gasteiger partial charge >= 0.3 is 5.97 Å². The van der Waals surface area contributed by atoms with Gasteiger partial charge in [-0.3, -0.25) is 14.9 Å². The number of benzene rings is 1. The van der Waals surface area contributed by atoms with Gasteiger partial charge in [0.15, 0.2) is 0 Å². The Hall–Kier alpha value is -2.00. The maximum Gasteiger partial charge on any atom is 0.318 e. The van der Waals surface area contributed by atoms with E-state index >= 15 is 0 Å². The molecule has 0 radical (unpaired) electrons. The lowest BCUT2D eigenvalue weighted by Crippen LogP contribution is -2.44. The lowest BCUT2D eigenvalue weighted by molar-refractivity contribution is -0.385. The highest BCUT2D eigenvalue weighted by atomic mass is 32.2. The fraction of sp³-hybridized carbons (Fsp3) is 0.500. The molecule has 1 N–H and O–H groups in total. The molecule has 2 rings (SSSR count). The van der Waals surface area contributed by atoms with Crippen molar-refractivity contribution in [2.75, 3.05) is 6.54 Å². The third kappa shape index (κ3) is 4.05. The zero-order valence-electron chi connectivity index (χ0n) is 12.4. The van der Waals surface area contributed by atoms with Gasteiger partial charge in [0.25, 0.3) is 5.69 Å². The molecule has 1 aromatic rings.